The minimum atomic E-state index is -7.68. The Morgan fingerprint density at radius 1 is 0.656 bits per heavy atom. The van der Waals surface area contributed by atoms with Crippen molar-refractivity contribution in [3.63, 3.8) is 0 Å². The summed E-state index contributed by atoms with van der Waals surface area (Å²) in [7, 11) is 0. The van der Waals surface area contributed by atoms with Crippen LogP contribution in [0.4, 0.5) is 65.9 Å². The van der Waals surface area contributed by atoms with E-state index in [0.29, 0.717) is 0 Å². The third kappa shape index (κ3) is 2.60. The largest absolute Gasteiger partial charge is 0.507 e. The second-order valence-electron chi connectivity index (χ2n) is 6.12. The van der Waals surface area contributed by atoms with Crippen LogP contribution in [-0.2, 0) is 4.79 Å². The average molecular weight is 501 g/mol. The molecule has 0 spiro atoms. The summed E-state index contributed by atoms with van der Waals surface area (Å²) in [4.78, 5) is 13.5. The molecule has 18 heteroatoms. The zero-order chi connectivity index (χ0) is 25.5. The number of carbonyl (C=O) groups excluding carboxylic acids is 1. The molecule has 0 aromatic carbocycles. The van der Waals surface area contributed by atoms with Crippen LogP contribution in [-0.4, -0.2) is 51.2 Å². The molecule has 0 unspecified atom stereocenters. The predicted molar refractivity (Wildman–Crippen MR) is 68.3 cm³/mol. The van der Waals surface area contributed by atoms with Crippen molar-refractivity contribution >= 4 is 11.5 Å². The molecule has 1 heterocycles. The quantitative estimate of drug-likeness (QED) is 0.275. The molecule has 1 fully saturated rings. The molecule has 1 N–H and O–H groups in total. The fourth-order valence-corrected chi connectivity index (χ4v) is 2.54. The van der Waals surface area contributed by atoms with Crippen LogP contribution in [0.1, 0.15) is 5.56 Å². The monoisotopic (exact) mass is 501 g/mol. The van der Waals surface area contributed by atoms with E-state index in [2.05, 4.69) is 0 Å². The summed E-state index contributed by atoms with van der Waals surface area (Å²) in [5.41, 5.74) is -9.81. The van der Waals surface area contributed by atoms with Crippen molar-refractivity contribution in [3.8, 4) is 0 Å². The lowest BCUT2D eigenvalue weighted by molar-refractivity contribution is -0.475. The van der Waals surface area contributed by atoms with Crippen molar-refractivity contribution in [2.45, 2.75) is 35.3 Å². The van der Waals surface area contributed by atoms with Crippen molar-refractivity contribution in [2.24, 2.45) is 0 Å². The molecule has 1 aliphatic carbocycles. The maximum Gasteiger partial charge on any atom is 0.384 e. The minimum Gasteiger partial charge on any atom is -0.507 e. The van der Waals surface area contributed by atoms with Crippen molar-refractivity contribution in [3.05, 3.63) is 35.2 Å². The highest BCUT2D eigenvalue weighted by molar-refractivity contribution is 6.03. The first kappa shape index (κ1) is 25.6. The zero-order valence-corrected chi connectivity index (χ0v) is 14.0. The van der Waals surface area contributed by atoms with Crippen LogP contribution in [0.3, 0.4) is 0 Å². The van der Waals surface area contributed by atoms with Gasteiger partial charge in [0.25, 0.3) is 11.9 Å². The number of allylic oxidation sites excluding steroid dienone is 1. The highest BCUT2D eigenvalue weighted by atomic mass is 19.4. The molecule has 0 saturated heterocycles. The highest BCUT2D eigenvalue weighted by Gasteiger charge is 3.02. The predicted octanol–water partition coefficient (Wildman–Crippen LogP) is 5.00. The number of rotatable bonds is 3. The van der Waals surface area contributed by atoms with E-state index in [9.17, 15) is 75.8 Å². The standard InChI is InChI=1S/C14H2F15NO2/c15-5-4(6(16)8(18)30-7(5)17)2(31)1-3(32)9(19)10(20,21)12(24,25)14(28,29)13(26,27)11(9,22)23/h1,31H/b2-1-. The first-order chi connectivity index (χ1) is 14.1. The van der Waals surface area contributed by atoms with Crippen LogP contribution in [0.25, 0.3) is 5.76 Å². The molecular formula is C14H2F15NO2. The number of pyridine rings is 1. The lowest BCUT2D eigenvalue weighted by Crippen LogP contribution is -2.85. The topological polar surface area (TPSA) is 50.2 Å². The van der Waals surface area contributed by atoms with Gasteiger partial charge in [-0.25, -0.2) is 13.2 Å². The second-order valence-corrected chi connectivity index (χ2v) is 6.12. The Morgan fingerprint density at radius 2 is 0.969 bits per heavy atom. The number of ketones is 1. The zero-order valence-electron chi connectivity index (χ0n) is 14.0. The van der Waals surface area contributed by atoms with Crippen LogP contribution < -0.4 is 0 Å². The van der Waals surface area contributed by atoms with Gasteiger partial charge >= 0.3 is 35.3 Å². The van der Waals surface area contributed by atoms with Gasteiger partial charge in [-0.2, -0.15) is 57.7 Å². The average Bonchev–Trinajstić information content (AvgIpc) is 2.64. The molecule has 0 radical (unpaired) electrons. The number of hydrogen-bond acceptors (Lipinski definition) is 3. The molecule has 0 bridgehead atoms. The summed E-state index contributed by atoms with van der Waals surface area (Å²) >= 11 is 0. The van der Waals surface area contributed by atoms with Gasteiger partial charge in [0, 0.05) is 6.08 Å². The van der Waals surface area contributed by atoms with Crippen LogP contribution in [0.5, 0.6) is 0 Å². The minimum absolute atomic E-state index is 1.56. The van der Waals surface area contributed by atoms with Crippen molar-refractivity contribution in [1.82, 2.24) is 4.98 Å². The van der Waals surface area contributed by atoms with E-state index in [1.165, 1.54) is 0 Å². The van der Waals surface area contributed by atoms with Gasteiger partial charge < -0.3 is 5.11 Å². The maximum absolute atomic E-state index is 14.4. The number of aromatic nitrogens is 1. The Kier molecular flexibility index (Phi) is 5.32. The Morgan fingerprint density at radius 3 is 1.31 bits per heavy atom. The SMILES string of the molecule is O=C(/C=C(\O)c1c(F)c(F)nc(F)c1F)C1(F)C(F)(F)C(F)(F)C(F)(F)C(F)(F)C1(F)F. The molecule has 0 aliphatic heterocycles. The number of aliphatic hydroxyl groups is 1. The number of halogens is 15. The van der Waals surface area contributed by atoms with E-state index >= 15 is 0 Å². The molecular weight excluding hydrogens is 499 g/mol. The van der Waals surface area contributed by atoms with Crippen molar-refractivity contribution in [2.75, 3.05) is 0 Å². The molecule has 2 rings (SSSR count). The van der Waals surface area contributed by atoms with E-state index in [1.54, 1.807) is 0 Å². The van der Waals surface area contributed by atoms with E-state index in [0.717, 1.165) is 0 Å². The third-order valence-corrected chi connectivity index (χ3v) is 4.30. The van der Waals surface area contributed by atoms with E-state index in [1.807, 2.05) is 4.98 Å². The molecule has 1 saturated carbocycles. The van der Waals surface area contributed by atoms with Gasteiger partial charge in [-0.3, -0.25) is 4.79 Å². The second kappa shape index (κ2) is 6.66. The van der Waals surface area contributed by atoms with Gasteiger partial charge in [-0.05, 0) is 0 Å². The van der Waals surface area contributed by atoms with Gasteiger partial charge in [-0.1, -0.05) is 0 Å². The first-order valence-corrected chi connectivity index (χ1v) is 7.29. The highest BCUT2D eigenvalue weighted by Crippen LogP contribution is 2.69. The number of carbonyl (C=O) groups is 1. The van der Waals surface area contributed by atoms with Crippen molar-refractivity contribution in [1.29, 1.82) is 0 Å². The number of hydrogen-bond donors (Lipinski definition) is 1. The van der Waals surface area contributed by atoms with E-state index in [4.69, 9.17) is 0 Å². The van der Waals surface area contributed by atoms with Crippen LogP contribution in [0.15, 0.2) is 6.08 Å². The Labute approximate surface area is 164 Å². The number of aliphatic hydroxyl groups excluding tert-OH is 1. The Bertz CT molecular complexity index is 960. The normalized spacial score (nSPS) is 24.8. The summed E-state index contributed by atoms with van der Waals surface area (Å²) in [5, 5.41) is 9.27. The smallest absolute Gasteiger partial charge is 0.384 e. The van der Waals surface area contributed by atoms with E-state index in [-0.39, 0.29) is 0 Å². The van der Waals surface area contributed by atoms with Crippen LogP contribution in [0, 0.1) is 23.5 Å². The summed E-state index contributed by atoms with van der Waals surface area (Å²) in [6.45, 7) is 0. The fourth-order valence-electron chi connectivity index (χ4n) is 2.54. The van der Waals surface area contributed by atoms with Gasteiger partial charge in [0.15, 0.2) is 11.6 Å². The van der Waals surface area contributed by atoms with Gasteiger partial charge in [0.05, 0.1) is 5.56 Å². The van der Waals surface area contributed by atoms with Gasteiger partial charge in [0.1, 0.15) is 5.76 Å². The number of alkyl halides is 11. The van der Waals surface area contributed by atoms with Crippen LogP contribution in [0.2, 0.25) is 0 Å². The fraction of sp³-hybridized carbons (Fsp3) is 0.429. The van der Waals surface area contributed by atoms with Gasteiger partial charge in [0.2, 0.25) is 5.78 Å². The summed E-state index contributed by atoms with van der Waals surface area (Å²) in [6.07, 6.45) is -1.56. The molecule has 32 heavy (non-hydrogen) atoms. The Balaban J connectivity index is 2.82. The number of nitrogens with zero attached hydrogens (tertiary/aromatic N) is 1. The molecule has 1 aliphatic rings. The van der Waals surface area contributed by atoms with Crippen LogP contribution >= 0.6 is 0 Å². The summed E-state index contributed by atoms with van der Waals surface area (Å²) in [5.74, 6) is -55.9. The third-order valence-electron chi connectivity index (χ3n) is 4.30. The van der Waals surface area contributed by atoms with E-state index < -0.39 is 82.0 Å². The Hall–Kier alpha value is -2.69. The molecule has 3 nitrogen and oxygen atoms in total. The lowest BCUT2D eigenvalue weighted by atomic mass is 9.70. The van der Waals surface area contributed by atoms with Crippen molar-refractivity contribution < 1.29 is 75.8 Å². The summed E-state index contributed by atoms with van der Waals surface area (Å²) < 4.78 is 202. The lowest BCUT2D eigenvalue weighted by Gasteiger charge is -2.51. The molecule has 1 aromatic rings. The van der Waals surface area contributed by atoms with Gasteiger partial charge in [-0.15, -0.1) is 0 Å². The molecule has 1 aromatic heterocycles. The maximum atomic E-state index is 14.4. The molecule has 180 valence electrons. The molecule has 0 amide bonds. The summed E-state index contributed by atoms with van der Waals surface area (Å²) in [6, 6.07) is 0. The molecule has 0 atom stereocenters. The first-order valence-electron chi connectivity index (χ1n) is 7.29.